The molecular formula is C68H79N17O17. The van der Waals surface area contributed by atoms with E-state index in [9.17, 15) is 0 Å². The van der Waals surface area contributed by atoms with Crippen molar-refractivity contribution >= 4 is 90.3 Å². The first kappa shape index (κ1) is 77.1. The molecule has 9 heterocycles. The lowest BCUT2D eigenvalue weighted by molar-refractivity contribution is -0.123. The number of rotatable bonds is 25. The van der Waals surface area contributed by atoms with Crippen LogP contribution in [0.1, 0.15) is 51.4 Å². The largest absolute Gasteiger partial charge is 0.495 e. The van der Waals surface area contributed by atoms with Crippen molar-refractivity contribution in [3.05, 3.63) is 143 Å². The molecule has 0 spiro atoms. The lowest BCUT2D eigenvalue weighted by Crippen LogP contribution is -2.38. The molecule has 1 fully saturated rings. The van der Waals surface area contributed by atoms with Gasteiger partial charge >= 0.3 is 0 Å². The predicted molar refractivity (Wildman–Crippen MR) is 378 cm³/mol. The molecule has 0 saturated carbocycles. The van der Waals surface area contributed by atoms with Gasteiger partial charge in [0.25, 0.3) is 19.4 Å². The third kappa shape index (κ3) is 22.9. The first-order valence-electron chi connectivity index (χ1n) is 31.3. The summed E-state index contributed by atoms with van der Waals surface area (Å²) in [6.45, 7) is 10.3. The number of aliphatic hydroxyl groups excluding tert-OH is 1. The van der Waals surface area contributed by atoms with Crippen LogP contribution < -0.4 is 59.2 Å². The molecule has 0 unspecified atom stereocenters. The summed E-state index contributed by atoms with van der Waals surface area (Å²) in [6.07, 6.45) is 19.8. The maximum Gasteiger partial charge on any atom is 0.290 e. The Balaban J connectivity index is 0.000000184. The summed E-state index contributed by atoms with van der Waals surface area (Å²) >= 11 is 0. The number of methoxy groups -OCH3 is 5. The van der Waals surface area contributed by atoms with Crippen LogP contribution in [0.4, 0.5) is 46.0 Å². The second kappa shape index (κ2) is 42.5. The maximum atomic E-state index is 8.88. The lowest BCUT2D eigenvalue weighted by Gasteiger charge is -2.26. The van der Waals surface area contributed by atoms with E-state index in [0.717, 1.165) is 117 Å². The van der Waals surface area contributed by atoms with Crippen LogP contribution in [-0.2, 0) is 50.0 Å². The van der Waals surface area contributed by atoms with Crippen molar-refractivity contribution in [1.29, 1.82) is 0 Å². The summed E-state index contributed by atoms with van der Waals surface area (Å²) in [6, 6.07) is 15.9. The molecular weight excluding hydrogens is 1330 g/mol. The third-order valence-corrected chi connectivity index (χ3v) is 14.5. The summed E-state index contributed by atoms with van der Waals surface area (Å²) < 4.78 is 54.7. The van der Waals surface area contributed by atoms with Gasteiger partial charge in [-0.15, -0.1) is 0 Å². The monoisotopic (exact) mass is 1410 g/mol. The Labute approximate surface area is 586 Å². The minimum atomic E-state index is -0.250. The van der Waals surface area contributed by atoms with E-state index in [-0.39, 0.29) is 32.6 Å². The van der Waals surface area contributed by atoms with Crippen molar-refractivity contribution in [2.45, 2.75) is 33.1 Å². The Kier molecular flexibility index (Phi) is 32.1. The van der Waals surface area contributed by atoms with Crippen molar-refractivity contribution in [2.24, 2.45) is 20.0 Å². The SMILES string of the molecule is CCOc1cncnc1Nc1cc2c(cc1OC)CN=C2.COCCOc1cncnc1Nc1cc2c(cc1OC)CN=C2.COc1cc2c(cc1Nc1ncncc1OCCN1CCOCC1)C=NC2.COc1cc2c(cc1Nc1ncncc1OCCO)C=NC2.O=CO.O=CO.O=CO. The van der Waals surface area contributed by atoms with E-state index >= 15 is 0 Å². The first-order valence-corrected chi connectivity index (χ1v) is 31.3. The second-order valence-electron chi connectivity index (χ2n) is 20.8. The van der Waals surface area contributed by atoms with Gasteiger partial charge in [0.05, 0.1) is 135 Å². The van der Waals surface area contributed by atoms with Gasteiger partial charge in [0, 0.05) is 51.6 Å². The highest BCUT2D eigenvalue weighted by atomic mass is 16.5. The van der Waals surface area contributed by atoms with Crippen LogP contribution in [0, 0.1) is 0 Å². The highest BCUT2D eigenvalue weighted by Crippen LogP contribution is 2.39. The quantitative estimate of drug-likeness (QED) is 0.0206. The highest BCUT2D eigenvalue weighted by Gasteiger charge is 2.20. The average Bonchev–Trinajstić information content (AvgIpc) is 1.55. The van der Waals surface area contributed by atoms with E-state index in [0.29, 0.717) is 105 Å². The average molecular weight is 1410 g/mol. The molecule has 1 saturated heterocycles. The molecule has 4 aromatic heterocycles. The van der Waals surface area contributed by atoms with Gasteiger partial charge in [0.1, 0.15) is 68.1 Å². The molecule has 0 radical (unpaired) electrons. The molecule has 0 aliphatic carbocycles. The van der Waals surface area contributed by atoms with Gasteiger partial charge in [0.15, 0.2) is 46.3 Å². The van der Waals surface area contributed by atoms with E-state index in [4.69, 9.17) is 82.2 Å². The van der Waals surface area contributed by atoms with Crippen molar-refractivity contribution < 1.29 is 82.2 Å². The van der Waals surface area contributed by atoms with Crippen molar-refractivity contribution in [1.82, 2.24) is 44.8 Å². The summed E-state index contributed by atoms with van der Waals surface area (Å²) in [5.41, 5.74) is 12.1. The Bertz CT molecular complexity index is 4100. The van der Waals surface area contributed by atoms with Crippen LogP contribution >= 0.6 is 0 Å². The van der Waals surface area contributed by atoms with Crippen molar-refractivity contribution in [3.8, 4) is 46.0 Å². The van der Waals surface area contributed by atoms with E-state index in [1.165, 1.54) is 25.3 Å². The number of hydrogen-bond donors (Lipinski definition) is 8. The molecule has 5 aliphatic heterocycles. The molecule has 0 atom stereocenters. The molecule has 34 heteroatoms. The number of anilines is 8. The van der Waals surface area contributed by atoms with Crippen LogP contribution in [0.25, 0.3) is 0 Å². The summed E-state index contributed by atoms with van der Waals surface area (Å²) in [5, 5.41) is 42.5. The molecule has 8 N–H and O–H groups in total. The van der Waals surface area contributed by atoms with Crippen LogP contribution in [0.2, 0.25) is 0 Å². The van der Waals surface area contributed by atoms with Crippen molar-refractivity contribution in [2.75, 3.05) is 129 Å². The molecule has 13 rings (SSSR count). The van der Waals surface area contributed by atoms with Crippen LogP contribution in [0.5, 0.6) is 46.0 Å². The zero-order valence-corrected chi connectivity index (χ0v) is 56.8. The normalized spacial score (nSPS) is 12.5. The van der Waals surface area contributed by atoms with Crippen LogP contribution in [0.3, 0.4) is 0 Å². The minimum absolute atomic E-state index is 0.0764. The standard InChI is InChI=1S/C19H23N5O3.C16H18N4O3.C15H16N4O3.C15H16N4O2.3CH2O2/c1-25-17-9-15-11-20-10-14(15)8-16(17)23-19-18(12-21-13-22-19)27-7-4-24-2-5-26-6-3-24;1-21-3-4-23-15-9-18-10-19-16(15)20-13-5-11-7-17-8-12(11)6-14(13)22-2;1-21-13-5-11-7-16-6-10(11)4-12(13)19-15-14(22-3-2-20)8-17-9-18-15;1-3-21-14-8-17-9-18-15(14)19-12-4-10-6-16-7-11(10)5-13(12)20-2;3*2-1-3/h8-10,12-13H,2-7,11H2,1H3,(H,21,22,23);5-7,9-10H,3-4,8H2,1-2H3,(H,18,19,20);4-6,8-9,20H,2-3,7H2,1H3,(H,17,18,19);4-6,8-9H,3,7H2,1-2H3,(H,17,18,19);3*1H,(H,2,3). The highest BCUT2D eigenvalue weighted by molar-refractivity contribution is 5.91. The van der Waals surface area contributed by atoms with Gasteiger partial charge < -0.3 is 89.1 Å². The van der Waals surface area contributed by atoms with Gasteiger partial charge in [-0.1, -0.05) is 0 Å². The van der Waals surface area contributed by atoms with Gasteiger partial charge in [-0.25, -0.2) is 39.9 Å². The molecule has 0 amide bonds. The Hall–Kier alpha value is -12.3. The minimum Gasteiger partial charge on any atom is -0.495 e. The molecule has 5 aliphatic rings. The number of nitrogens with zero attached hydrogens (tertiary/aromatic N) is 13. The molecule has 102 heavy (non-hydrogen) atoms. The van der Waals surface area contributed by atoms with E-state index in [2.05, 4.69) is 86.0 Å². The first-order chi connectivity index (χ1) is 50.0. The molecule has 8 aromatic rings. The molecule has 538 valence electrons. The number of carboxylic acid groups (broad SMARTS) is 3. The van der Waals surface area contributed by atoms with Crippen LogP contribution in [-0.4, -0.2) is 218 Å². The van der Waals surface area contributed by atoms with E-state index in [1.807, 2.05) is 80.3 Å². The zero-order chi connectivity index (χ0) is 72.7. The Morgan fingerprint density at radius 1 is 0.431 bits per heavy atom. The zero-order valence-electron chi connectivity index (χ0n) is 56.8. The number of benzene rings is 4. The number of aliphatic hydroxyl groups is 1. The number of morpholine rings is 1. The number of ether oxygens (including phenoxy) is 10. The summed E-state index contributed by atoms with van der Waals surface area (Å²) in [7, 11) is 8.18. The van der Waals surface area contributed by atoms with Crippen LogP contribution in [0.15, 0.2) is 119 Å². The second-order valence-corrected chi connectivity index (χ2v) is 20.8. The molecule has 4 aromatic carbocycles. The number of aromatic nitrogens is 8. The van der Waals surface area contributed by atoms with E-state index < -0.39 is 0 Å². The number of nitrogens with one attached hydrogen (secondary N) is 4. The fraction of sp³-hybridized carbons (Fsp3) is 0.309. The third-order valence-electron chi connectivity index (χ3n) is 14.5. The molecule has 0 bridgehead atoms. The summed E-state index contributed by atoms with van der Waals surface area (Å²) in [5.74, 6) is 7.48. The Morgan fingerprint density at radius 3 is 1.03 bits per heavy atom. The Morgan fingerprint density at radius 2 is 0.735 bits per heavy atom. The fourth-order valence-electron chi connectivity index (χ4n) is 9.85. The number of hydrogen-bond acceptors (Lipinski definition) is 31. The van der Waals surface area contributed by atoms with E-state index in [1.54, 1.807) is 60.3 Å². The number of carbonyl (C=O) groups is 3. The van der Waals surface area contributed by atoms with Gasteiger partial charge in [0.2, 0.25) is 0 Å². The number of aliphatic imine (C=N–C) groups is 4. The number of fused-ring (bicyclic) bond motifs is 4. The van der Waals surface area contributed by atoms with Crippen molar-refractivity contribution in [3.63, 3.8) is 0 Å². The summed E-state index contributed by atoms with van der Waals surface area (Å²) in [4.78, 5) is 77.5. The molecule has 34 nitrogen and oxygen atoms in total. The van der Waals surface area contributed by atoms with Gasteiger partial charge in [-0.3, -0.25) is 39.3 Å². The lowest BCUT2D eigenvalue weighted by atomic mass is 10.1. The maximum absolute atomic E-state index is 8.88. The van der Waals surface area contributed by atoms with Gasteiger partial charge in [-0.2, -0.15) is 0 Å². The van der Waals surface area contributed by atoms with Gasteiger partial charge in [-0.05, 0) is 100.0 Å². The predicted octanol–water partition coefficient (Wildman–Crippen LogP) is 7.25. The fourth-order valence-corrected chi connectivity index (χ4v) is 9.85. The smallest absolute Gasteiger partial charge is 0.290 e. The topological polar surface area (TPSA) is 428 Å².